The zero-order valence-corrected chi connectivity index (χ0v) is 12.0. The molecule has 120 valence electrons. The quantitative estimate of drug-likeness (QED) is 0.886. The van der Waals surface area contributed by atoms with Crippen LogP contribution in [0.15, 0.2) is 6.07 Å². The molecule has 0 spiro atoms. The molecule has 0 aliphatic carbocycles. The number of hydrogen-bond acceptors (Lipinski definition) is 4. The molecule has 1 atom stereocenters. The minimum absolute atomic E-state index is 0.0722. The summed E-state index contributed by atoms with van der Waals surface area (Å²) in [6.07, 6.45) is -3.04. The highest BCUT2D eigenvalue weighted by Crippen LogP contribution is 2.32. The second kappa shape index (κ2) is 6.33. The number of rotatable bonds is 4. The van der Waals surface area contributed by atoms with Crippen LogP contribution in [0.1, 0.15) is 43.2 Å². The highest BCUT2D eigenvalue weighted by Gasteiger charge is 2.36. The molecule has 1 aromatic rings. The average molecular weight is 306 g/mol. The van der Waals surface area contributed by atoms with Gasteiger partial charge in [0.15, 0.2) is 5.69 Å². The van der Waals surface area contributed by atoms with Crippen molar-refractivity contribution in [3.05, 3.63) is 17.5 Å². The third-order valence-electron chi connectivity index (χ3n) is 3.84. The van der Waals surface area contributed by atoms with E-state index in [2.05, 4.69) is 10.00 Å². The van der Waals surface area contributed by atoms with E-state index in [0.717, 1.165) is 19.2 Å². The SMILES string of the molecule is CC(N)c1cc(C(F)(F)F)nn1C1CCN(CCO)CC1. The summed E-state index contributed by atoms with van der Waals surface area (Å²) in [5, 5.41) is 12.7. The molecule has 1 aromatic heterocycles. The summed E-state index contributed by atoms with van der Waals surface area (Å²) in [4.78, 5) is 2.09. The van der Waals surface area contributed by atoms with Crippen molar-refractivity contribution in [3.63, 3.8) is 0 Å². The Morgan fingerprint density at radius 2 is 2.05 bits per heavy atom. The Morgan fingerprint density at radius 3 is 2.52 bits per heavy atom. The Kier molecular flexibility index (Phi) is 4.90. The van der Waals surface area contributed by atoms with E-state index < -0.39 is 17.9 Å². The van der Waals surface area contributed by atoms with Gasteiger partial charge in [-0.1, -0.05) is 0 Å². The molecule has 5 nitrogen and oxygen atoms in total. The molecule has 2 heterocycles. The first kappa shape index (κ1) is 16.3. The highest BCUT2D eigenvalue weighted by molar-refractivity contribution is 5.17. The third-order valence-corrected chi connectivity index (χ3v) is 3.84. The van der Waals surface area contributed by atoms with Gasteiger partial charge in [-0.15, -0.1) is 0 Å². The highest BCUT2D eigenvalue weighted by atomic mass is 19.4. The number of hydrogen-bond donors (Lipinski definition) is 2. The van der Waals surface area contributed by atoms with E-state index in [0.29, 0.717) is 25.1 Å². The zero-order valence-electron chi connectivity index (χ0n) is 12.0. The van der Waals surface area contributed by atoms with E-state index in [1.54, 1.807) is 6.92 Å². The van der Waals surface area contributed by atoms with Crippen LogP contribution in [0, 0.1) is 0 Å². The third kappa shape index (κ3) is 3.75. The lowest BCUT2D eigenvalue weighted by Gasteiger charge is -2.32. The number of nitrogens with zero attached hydrogens (tertiary/aromatic N) is 3. The molecule has 2 rings (SSSR count). The predicted octanol–water partition coefficient (Wildman–Crippen LogP) is 1.55. The number of likely N-dealkylation sites (tertiary alicyclic amines) is 1. The molecule has 1 aliphatic heterocycles. The maximum absolute atomic E-state index is 12.8. The van der Waals surface area contributed by atoms with Crippen LogP contribution in [0.25, 0.3) is 0 Å². The fourth-order valence-electron chi connectivity index (χ4n) is 2.71. The van der Waals surface area contributed by atoms with Crippen molar-refractivity contribution >= 4 is 0 Å². The van der Waals surface area contributed by atoms with E-state index in [4.69, 9.17) is 10.8 Å². The van der Waals surface area contributed by atoms with Gasteiger partial charge in [-0.3, -0.25) is 4.68 Å². The topological polar surface area (TPSA) is 67.3 Å². The van der Waals surface area contributed by atoms with Gasteiger partial charge >= 0.3 is 6.18 Å². The summed E-state index contributed by atoms with van der Waals surface area (Å²) in [7, 11) is 0. The molecule has 0 saturated carbocycles. The van der Waals surface area contributed by atoms with E-state index in [1.165, 1.54) is 4.68 Å². The largest absolute Gasteiger partial charge is 0.435 e. The fourth-order valence-corrected chi connectivity index (χ4v) is 2.71. The van der Waals surface area contributed by atoms with Crippen molar-refractivity contribution in [2.24, 2.45) is 5.73 Å². The molecule has 0 aromatic carbocycles. The number of halogens is 3. The number of aliphatic hydroxyl groups excluding tert-OH is 1. The predicted molar refractivity (Wildman–Crippen MR) is 71.6 cm³/mol. The molecule has 1 aliphatic rings. The van der Waals surface area contributed by atoms with Crippen LogP contribution in [0.5, 0.6) is 0 Å². The Hall–Kier alpha value is -1.12. The van der Waals surface area contributed by atoms with Gasteiger partial charge < -0.3 is 15.7 Å². The molecule has 0 amide bonds. The molecule has 0 radical (unpaired) electrons. The lowest BCUT2D eigenvalue weighted by Crippen LogP contribution is -2.37. The van der Waals surface area contributed by atoms with Gasteiger partial charge in [0.1, 0.15) is 0 Å². The first-order chi connectivity index (χ1) is 9.82. The number of nitrogens with two attached hydrogens (primary N) is 1. The molecular weight excluding hydrogens is 285 g/mol. The summed E-state index contributed by atoms with van der Waals surface area (Å²) in [6.45, 7) is 3.83. The molecule has 1 unspecified atom stereocenters. The normalized spacial score (nSPS) is 19.9. The maximum atomic E-state index is 12.8. The minimum Gasteiger partial charge on any atom is -0.395 e. The van der Waals surface area contributed by atoms with E-state index in [9.17, 15) is 13.2 Å². The number of aliphatic hydroxyl groups is 1. The maximum Gasteiger partial charge on any atom is 0.435 e. The van der Waals surface area contributed by atoms with Crippen LogP contribution in [0.3, 0.4) is 0 Å². The molecule has 0 bridgehead atoms. The van der Waals surface area contributed by atoms with Crippen LogP contribution < -0.4 is 5.73 Å². The van der Waals surface area contributed by atoms with E-state index in [-0.39, 0.29) is 12.6 Å². The van der Waals surface area contributed by atoms with Crippen molar-refractivity contribution in [2.75, 3.05) is 26.2 Å². The van der Waals surface area contributed by atoms with Crippen molar-refractivity contribution in [2.45, 2.75) is 38.0 Å². The van der Waals surface area contributed by atoms with Crippen LogP contribution in [0.2, 0.25) is 0 Å². The van der Waals surface area contributed by atoms with Gasteiger partial charge in [-0.2, -0.15) is 18.3 Å². The van der Waals surface area contributed by atoms with Gasteiger partial charge in [0.2, 0.25) is 0 Å². The first-order valence-electron chi connectivity index (χ1n) is 7.08. The Morgan fingerprint density at radius 1 is 1.43 bits per heavy atom. The lowest BCUT2D eigenvalue weighted by atomic mass is 10.0. The number of piperidine rings is 1. The lowest BCUT2D eigenvalue weighted by molar-refractivity contribution is -0.141. The van der Waals surface area contributed by atoms with Gasteiger partial charge in [-0.05, 0) is 25.8 Å². The van der Waals surface area contributed by atoms with Crippen LogP contribution in [-0.4, -0.2) is 46.0 Å². The average Bonchev–Trinajstić information content (AvgIpc) is 2.85. The van der Waals surface area contributed by atoms with Crippen LogP contribution in [-0.2, 0) is 6.18 Å². The van der Waals surface area contributed by atoms with Crippen molar-refractivity contribution in [1.29, 1.82) is 0 Å². The second-order valence-corrected chi connectivity index (χ2v) is 5.48. The molecule has 3 N–H and O–H groups in total. The Labute approximate surface area is 121 Å². The number of aromatic nitrogens is 2. The summed E-state index contributed by atoms with van der Waals surface area (Å²) >= 11 is 0. The molecule has 1 saturated heterocycles. The van der Waals surface area contributed by atoms with Gasteiger partial charge in [0.25, 0.3) is 0 Å². The number of alkyl halides is 3. The summed E-state index contributed by atoms with van der Waals surface area (Å²) in [6, 6.07) is 0.478. The standard InChI is InChI=1S/C13H21F3N4O/c1-9(17)11-8-12(13(14,15)16)18-20(11)10-2-4-19(5-3-10)6-7-21/h8-10,21H,2-7,17H2,1H3. The fraction of sp³-hybridized carbons (Fsp3) is 0.769. The first-order valence-corrected chi connectivity index (χ1v) is 7.08. The van der Waals surface area contributed by atoms with Gasteiger partial charge in [-0.25, -0.2) is 0 Å². The van der Waals surface area contributed by atoms with Gasteiger partial charge in [0.05, 0.1) is 18.3 Å². The number of β-amino-alcohol motifs (C(OH)–C–C–N with tert-alkyl or cyclic N) is 1. The molecule has 8 heteroatoms. The van der Waals surface area contributed by atoms with Gasteiger partial charge in [0, 0.05) is 25.7 Å². The Balaban J connectivity index is 2.17. The summed E-state index contributed by atoms with van der Waals surface area (Å²) in [5.41, 5.74) is 5.32. The van der Waals surface area contributed by atoms with Crippen molar-refractivity contribution < 1.29 is 18.3 Å². The molecule has 21 heavy (non-hydrogen) atoms. The van der Waals surface area contributed by atoms with Crippen LogP contribution >= 0.6 is 0 Å². The van der Waals surface area contributed by atoms with Crippen LogP contribution in [0.4, 0.5) is 13.2 Å². The van der Waals surface area contributed by atoms with E-state index >= 15 is 0 Å². The monoisotopic (exact) mass is 306 g/mol. The Bertz CT molecular complexity index is 464. The van der Waals surface area contributed by atoms with Crippen molar-refractivity contribution in [3.8, 4) is 0 Å². The molecule has 1 fully saturated rings. The summed E-state index contributed by atoms with van der Waals surface area (Å²) in [5.74, 6) is 0. The van der Waals surface area contributed by atoms with Crippen molar-refractivity contribution in [1.82, 2.24) is 14.7 Å². The smallest absolute Gasteiger partial charge is 0.395 e. The minimum atomic E-state index is -4.45. The summed E-state index contributed by atoms with van der Waals surface area (Å²) < 4.78 is 39.9. The van der Waals surface area contributed by atoms with E-state index in [1.807, 2.05) is 0 Å². The molecular formula is C13H21F3N4O. The zero-order chi connectivity index (χ0) is 15.6. The second-order valence-electron chi connectivity index (χ2n) is 5.48.